The van der Waals surface area contributed by atoms with Crippen molar-refractivity contribution in [3.63, 3.8) is 0 Å². The minimum atomic E-state index is 0.263. The molecule has 0 aliphatic carbocycles. The molecule has 1 heterocycles. The van der Waals surface area contributed by atoms with Crippen LogP contribution in [0.3, 0.4) is 0 Å². The predicted octanol–water partition coefficient (Wildman–Crippen LogP) is 3.28. The highest BCUT2D eigenvalue weighted by Crippen LogP contribution is 2.44. The van der Waals surface area contributed by atoms with Crippen molar-refractivity contribution in [2.75, 3.05) is 7.11 Å². The van der Waals surface area contributed by atoms with Crippen LogP contribution in [-0.4, -0.2) is 29.1 Å². The number of nitrogens with zero attached hydrogens (tertiary/aromatic N) is 2. The van der Waals surface area contributed by atoms with Gasteiger partial charge in [0.15, 0.2) is 5.84 Å². The predicted molar refractivity (Wildman–Crippen MR) is 81.8 cm³/mol. The van der Waals surface area contributed by atoms with E-state index in [1.54, 1.807) is 7.11 Å². The molecule has 108 valence electrons. The summed E-state index contributed by atoms with van der Waals surface area (Å²) in [7, 11) is 1.63. The van der Waals surface area contributed by atoms with Gasteiger partial charge in [-0.1, -0.05) is 35.5 Å². The third-order valence-electron chi connectivity index (χ3n) is 3.93. The highest BCUT2D eigenvalue weighted by molar-refractivity contribution is 6.00. The van der Waals surface area contributed by atoms with Crippen molar-refractivity contribution >= 4 is 5.84 Å². The Labute approximate surface area is 124 Å². The Balaban J connectivity index is 1.85. The SMILES string of the molecule is COc1ccc(/C(=N/O)N2[C@H](c3ccccc3)[C@@H]2C)cc1. The van der Waals surface area contributed by atoms with E-state index in [1.165, 1.54) is 5.56 Å². The first-order valence-corrected chi connectivity index (χ1v) is 6.96. The number of methoxy groups -OCH3 is 1. The maximum Gasteiger partial charge on any atom is 0.176 e. The van der Waals surface area contributed by atoms with E-state index in [0.717, 1.165) is 11.3 Å². The first-order valence-electron chi connectivity index (χ1n) is 6.96. The van der Waals surface area contributed by atoms with Gasteiger partial charge in [0.25, 0.3) is 0 Å². The number of amidine groups is 1. The van der Waals surface area contributed by atoms with Crippen LogP contribution in [0.4, 0.5) is 0 Å². The molecule has 0 aromatic heterocycles. The van der Waals surface area contributed by atoms with Crippen molar-refractivity contribution in [2.45, 2.75) is 19.0 Å². The summed E-state index contributed by atoms with van der Waals surface area (Å²) in [5.74, 6) is 1.38. The van der Waals surface area contributed by atoms with Gasteiger partial charge in [0.1, 0.15) is 5.75 Å². The average Bonchev–Trinajstić information content (AvgIpc) is 3.20. The van der Waals surface area contributed by atoms with E-state index in [0.29, 0.717) is 11.9 Å². The van der Waals surface area contributed by atoms with Gasteiger partial charge >= 0.3 is 0 Å². The highest BCUT2D eigenvalue weighted by atomic mass is 16.5. The summed E-state index contributed by atoms with van der Waals surface area (Å²) >= 11 is 0. The number of hydrogen-bond donors (Lipinski definition) is 1. The van der Waals surface area contributed by atoms with E-state index >= 15 is 0 Å². The largest absolute Gasteiger partial charge is 0.497 e. The van der Waals surface area contributed by atoms with E-state index in [1.807, 2.05) is 42.5 Å². The first kappa shape index (κ1) is 13.5. The molecule has 0 saturated carbocycles. The quantitative estimate of drug-likeness (QED) is 0.309. The summed E-state index contributed by atoms with van der Waals surface area (Å²) in [5, 5.41) is 12.9. The van der Waals surface area contributed by atoms with E-state index < -0.39 is 0 Å². The van der Waals surface area contributed by atoms with Crippen LogP contribution in [0, 0.1) is 0 Å². The van der Waals surface area contributed by atoms with Crippen LogP contribution >= 0.6 is 0 Å². The lowest BCUT2D eigenvalue weighted by Crippen LogP contribution is -2.15. The Morgan fingerprint density at radius 3 is 2.33 bits per heavy atom. The molecule has 1 fully saturated rings. The molecule has 1 aliphatic rings. The fourth-order valence-corrected chi connectivity index (χ4v) is 2.76. The lowest BCUT2D eigenvalue weighted by Gasteiger charge is -2.09. The number of hydrogen-bond acceptors (Lipinski definition) is 3. The molecule has 0 spiro atoms. The minimum Gasteiger partial charge on any atom is -0.497 e. The topological polar surface area (TPSA) is 44.8 Å². The van der Waals surface area contributed by atoms with E-state index in [9.17, 15) is 5.21 Å². The first-order chi connectivity index (χ1) is 10.3. The van der Waals surface area contributed by atoms with Crippen molar-refractivity contribution in [1.29, 1.82) is 0 Å². The standard InChI is InChI=1S/C17H18N2O2/c1-12-16(13-6-4-3-5-7-13)19(12)17(18-20)14-8-10-15(21-2)11-9-14/h3-12,16,20H,1-2H3/b18-17-/t12-,16-,19?/m0/s1. The van der Waals surface area contributed by atoms with E-state index in [-0.39, 0.29) is 6.04 Å². The van der Waals surface area contributed by atoms with Gasteiger partial charge in [-0.25, -0.2) is 0 Å². The van der Waals surface area contributed by atoms with Crippen LogP contribution in [0.1, 0.15) is 24.1 Å². The van der Waals surface area contributed by atoms with Crippen molar-refractivity contribution in [3.8, 4) is 5.75 Å². The lowest BCUT2D eigenvalue weighted by atomic mass is 10.1. The van der Waals surface area contributed by atoms with Crippen LogP contribution in [0.15, 0.2) is 59.8 Å². The molecule has 0 amide bonds. The Hall–Kier alpha value is -2.49. The zero-order valence-electron chi connectivity index (χ0n) is 12.1. The van der Waals surface area contributed by atoms with Gasteiger partial charge in [-0.3, -0.25) is 0 Å². The summed E-state index contributed by atoms with van der Waals surface area (Å²) in [6.45, 7) is 2.13. The maximum atomic E-state index is 9.41. The lowest BCUT2D eigenvalue weighted by molar-refractivity contribution is 0.313. The molecule has 1 N–H and O–H groups in total. The second-order valence-corrected chi connectivity index (χ2v) is 5.16. The van der Waals surface area contributed by atoms with Gasteiger partial charge < -0.3 is 14.8 Å². The molecule has 2 atom stereocenters. The summed E-state index contributed by atoms with van der Waals surface area (Å²) in [5.41, 5.74) is 2.11. The molecule has 4 nitrogen and oxygen atoms in total. The van der Waals surface area contributed by atoms with Crippen LogP contribution < -0.4 is 4.74 Å². The van der Waals surface area contributed by atoms with Crippen LogP contribution in [-0.2, 0) is 0 Å². The zero-order chi connectivity index (χ0) is 14.8. The van der Waals surface area contributed by atoms with Gasteiger partial charge in [-0.05, 0) is 36.8 Å². The maximum absolute atomic E-state index is 9.41. The third-order valence-corrected chi connectivity index (χ3v) is 3.93. The highest BCUT2D eigenvalue weighted by Gasteiger charge is 2.47. The third kappa shape index (κ3) is 2.44. The molecule has 3 rings (SSSR count). The Kier molecular flexibility index (Phi) is 3.52. The molecule has 0 bridgehead atoms. The van der Waals surface area contributed by atoms with Crippen molar-refractivity contribution < 1.29 is 9.94 Å². The van der Waals surface area contributed by atoms with Crippen molar-refractivity contribution in [2.24, 2.45) is 5.16 Å². The van der Waals surface area contributed by atoms with Crippen LogP contribution in [0.5, 0.6) is 5.75 Å². The minimum absolute atomic E-state index is 0.263. The number of ether oxygens (including phenoxy) is 1. The van der Waals surface area contributed by atoms with E-state index in [2.05, 4.69) is 29.1 Å². The summed E-state index contributed by atoms with van der Waals surface area (Å²) in [6, 6.07) is 18.4. The second kappa shape index (κ2) is 5.48. The van der Waals surface area contributed by atoms with Crippen LogP contribution in [0.25, 0.3) is 0 Å². The Morgan fingerprint density at radius 2 is 1.76 bits per heavy atom. The van der Waals surface area contributed by atoms with Gasteiger partial charge in [0.05, 0.1) is 19.2 Å². The van der Waals surface area contributed by atoms with Gasteiger partial charge in [-0.15, -0.1) is 0 Å². The monoisotopic (exact) mass is 282 g/mol. The van der Waals surface area contributed by atoms with E-state index in [4.69, 9.17) is 4.74 Å². The van der Waals surface area contributed by atoms with Gasteiger partial charge in [0, 0.05) is 5.56 Å². The molecule has 21 heavy (non-hydrogen) atoms. The summed E-state index contributed by atoms with van der Waals surface area (Å²) in [6.07, 6.45) is 0. The molecule has 2 aromatic carbocycles. The molecular formula is C17H18N2O2. The number of rotatable bonds is 3. The summed E-state index contributed by atoms with van der Waals surface area (Å²) < 4.78 is 5.15. The van der Waals surface area contributed by atoms with Gasteiger partial charge in [-0.2, -0.15) is 0 Å². The zero-order valence-corrected chi connectivity index (χ0v) is 12.1. The number of oxime groups is 1. The van der Waals surface area contributed by atoms with Gasteiger partial charge in [0.2, 0.25) is 0 Å². The van der Waals surface area contributed by atoms with Crippen LogP contribution in [0.2, 0.25) is 0 Å². The Morgan fingerprint density at radius 1 is 1.10 bits per heavy atom. The fourth-order valence-electron chi connectivity index (χ4n) is 2.76. The Bertz CT molecular complexity index is 638. The molecule has 2 aromatic rings. The van der Waals surface area contributed by atoms with Crippen molar-refractivity contribution in [1.82, 2.24) is 4.90 Å². The fraction of sp³-hybridized carbons (Fsp3) is 0.235. The number of benzene rings is 2. The second-order valence-electron chi connectivity index (χ2n) is 5.16. The normalized spacial score (nSPS) is 21.2. The molecule has 0 radical (unpaired) electrons. The molecule has 0 unspecified atom stereocenters. The molecule has 1 saturated heterocycles. The molecule has 1 aliphatic heterocycles. The summed E-state index contributed by atoms with van der Waals surface area (Å²) in [4.78, 5) is 2.11. The molecule has 4 heteroatoms. The molecular weight excluding hydrogens is 264 g/mol. The smallest absolute Gasteiger partial charge is 0.176 e. The van der Waals surface area contributed by atoms with Crippen molar-refractivity contribution in [3.05, 3.63) is 65.7 Å². The average molecular weight is 282 g/mol.